The van der Waals surface area contributed by atoms with E-state index in [0.717, 1.165) is 11.1 Å². The molecule has 0 spiro atoms. The van der Waals surface area contributed by atoms with Gasteiger partial charge < -0.3 is 26.4 Å². The van der Waals surface area contributed by atoms with E-state index in [0.29, 0.717) is 25.8 Å². The van der Waals surface area contributed by atoms with E-state index in [9.17, 15) is 24.3 Å². The van der Waals surface area contributed by atoms with Crippen molar-refractivity contribution in [1.29, 1.82) is 0 Å². The maximum absolute atomic E-state index is 13.5. The smallest absolute Gasteiger partial charge is 0.264 e. The van der Waals surface area contributed by atoms with E-state index >= 15 is 0 Å². The average molecular weight is 569 g/mol. The fraction of sp³-hybridized carbons (Fsp3) is 0.467. The number of rotatable bonds is 14. The number of aliphatic hydroxyl groups is 1. The van der Waals surface area contributed by atoms with Gasteiger partial charge >= 0.3 is 0 Å². The molecule has 1 heterocycles. The SMILES string of the molecule is CC(C)C[C@H](NC(=O)CCc1ccccc1)C(=O)N[C@@H](C[C@@H]1CCNC1=O)[C@](O)(S)C(=O)NCc1ccccc1. The van der Waals surface area contributed by atoms with Gasteiger partial charge in [-0.1, -0.05) is 74.5 Å². The molecule has 216 valence electrons. The highest BCUT2D eigenvalue weighted by molar-refractivity contribution is 7.82. The zero-order valence-corrected chi connectivity index (χ0v) is 24.0. The van der Waals surface area contributed by atoms with Crippen molar-refractivity contribution in [2.75, 3.05) is 6.54 Å². The van der Waals surface area contributed by atoms with Crippen LogP contribution in [0.15, 0.2) is 60.7 Å². The lowest BCUT2D eigenvalue weighted by Crippen LogP contribution is -2.61. The fourth-order valence-corrected chi connectivity index (χ4v) is 4.94. The lowest BCUT2D eigenvalue weighted by molar-refractivity contribution is -0.137. The molecule has 4 amide bonds. The van der Waals surface area contributed by atoms with Crippen LogP contribution in [0.25, 0.3) is 0 Å². The summed E-state index contributed by atoms with van der Waals surface area (Å²) in [4.78, 5) is 49.4. The van der Waals surface area contributed by atoms with Crippen LogP contribution in [-0.2, 0) is 32.1 Å². The van der Waals surface area contributed by atoms with E-state index in [1.54, 1.807) is 0 Å². The Bertz CT molecular complexity index is 1140. The van der Waals surface area contributed by atoms with Gasteiger partial charge in [-0.25, -0.2) is 0 Å². The van der Waals surface area contributed by atoms with Gasteiger partial charge in [-0.05, 0) is 42.7 Å². The zero-order chi connectivity index (χ0) is 29.1. The van der Waals surface area contributed by atoms with E-state index in [1.165, 1.54) is 0 Å². The summed E-state index contributed by atoms with van der Waals surface area (Å²) in [7, 11) is 0. The average Bonchev–Trinajstić information content (AvgIpc) is 3.34. The summed E-state index contributed by atoms with van der Waals surface area (Å²) in [5.41, 5.74) is 1.84. The Labute approximate surface area is 241 Å². The summed E-state index contributed by atoms with van der Waals surface area (Å²) in [6.07, 6.45) is 1.60. The number of amides is 4. The second-order valence-corrected chi connectivity index (χ2v) is 11.4. The van der Waals surface area contributed by atoms with Gasteiger partial charge in [0.15, 0.2) is 0 Å². The maximum Gasteiger partial charge on any atom is 0.264 e. The van der Waals surface area contributed by atoms with Gasteiger partial charge in [-0.15, -0.1) is 12.6 Å². The highest BCUT2D eigenvalue weighted by Gasteiger charge is 2.45. The second kappa shape index (κ2) is 14.9. The molecule has 3 rings (SSSR count). The van der Waals surface area contributed by atoms with Crippen molar-refractivity contribution in [3.05, 3.63) is 71.8 Å². The van der Waals surface area contributed by atoms with Crippen LogP contribution in [0.4, 0.5) is 0 Å². The molecule has 0 radical (unpaired) electrons. The molecule has 0 aliphatic carbocycles. The third-order valence-corrected chi connectivity index (χ3v) is 7.47. The van der Waals surface area contributed by atoms with Crippen molar-refractivity contribution >= 4 is 36.3 Å². The molecule has 4 atom stereocenters. The molecule has 0 bridgehead atoms. The first-order chi connectivity index (χ1) is 19.1. The Balaban J connectivity index is 1.72. The Kier molecular flexibility index (Phi) is 11.6. The first kappa shape index (κ1) is 31.2. The second-order valence-electron chi connectivity index (χ2n) is 10.7. The third kappa shape index (κ3) is 9.38. The minimum absolute atomic E-state index is 0.00663. The Hall–Kier alpha value is -3.37. The van der Waals surface area contributed by atoms with Gasteiger partial charge in [0.05, 0.1) is 6.04 Å². The topological polar surface area (TPSA) is 137 Å². The number of carbonyl (C=O) groups is 4. The number of thiol groups is 1. The monoisotopic (exact) mass is 568 g/mol. The van der Waals surface area contributed by atoms with E-state index in [2.05, 4.69) is 33.9 Å². The molecule has 0 saturated carbocycles. The molecule has 1 fully saturated rings. The first-order valence-corrected chi connectivity index (χ1v) is 14.2. The van der Waals surface area contributed by atoms with Gasteiger partial charge in [0.1, 0.15) is 6.04 Å². The molecule has 0 aromatic heterocycles. The molecule has 40 heavy (non-hydrogen) atoms. The molecule has 0 unspecified atom stereocenters. The Morgan fingerprint density at radius 1 is 1.02 bits per heavy atom. The molecule has 9 nitrogen and oxygen atoms in total. The molecule has 1 aliphatic rings. The molecule has 5 N–H and O–H groups in total. The van der Waals surface area contributed by atoms with Gasteiger partial charge in [0.25, 0.3) is 5.91 Å². The fourth-order valence-electron chi connectivity index (χ4n) is 4.69. The largest absolute Gasteiger partial charge is 0.369 e. The lowest BCUT2D eigenvalue weighted by atomic mass is 9.93. The van der Waals surface area contributed by atoms with Gasteiger partial charge in [-0.3, -0.25) is 19.2 Å². The highest BCUT2D eigenvalue weighted by atomic mass is 32.1. The van der Waals surface area contributed by atoms with Gasteiger partial charge in [0.2, 0.25) is 22.7 Å². The Morgan fingerprint density at radius 3 is 2.23 bits per heavy atom. The number of benzene rings is 2. The number of hydrogen-bond donors (Lipinski definition) is 6. The van der Waals surface area contributed by atoms with Crippen LogP contribution in [0.3, 0.4) is 0 Å². The predicted molar refractivity (Wildman–Crippen MR) is 156 cm³/mol. The summed E-state index contributed by atoms with van der Waals surface area (Å²) in [5.74, 6) is -2.26. The molecule has 2 aromatic carbocycles. The molecule has 10 heteroatoms. The number of nitrogens with one attached hydrogen (secondary N) is 4. The number of aryl methyl sites for hydroxylation is 1. The predicted octanol–water partition coefficient (Wildman–Crippen LogP) is 2.10. The molecule has 2 aromatic rings. The third-order valence-electron chi connectivity index (χ3n) is 6.96. The van der Waals surface area contributed by atoms with Crippen LogP contribution in [-0.4, -0.2) is 52.3 Å². The minimum Gasteiger partial charge on any atom is -0.369 e. The molecular formula is C30H40N4O5S. The summed E-state index contributed by atoms with van der Waals surface area (Å²) in [6.45, 7) is 4.49. The van der Waals surface area contributed by atoms with E-state index in [1.807, 2.05) is 74.5 Å². The van der Waals surface area contributed by atoms with Crippen LogP contribution in [0.1, 0.15) is 50.7 Å². The summed E-state index contributed by atoms with van der Waals surface area (Å²) in [6, 6.07) is 16.7. The maximum atomic E-state index is 13.5. The van der Waals surface area contributed by atoms with Crippen molar-refractivity contribution < 1.29 is 24.3 Å². The highest BCUT2D eigenvalue weighted by Crippen LogP contribution is 2.26. The van der Waals surface area contributed by atoms with Crippen LogP contribution in [0, 0.1) is 11.8 Å². The van der Waals surface area contributed by atoms with Crippen molar-refractivity contribution in [3.8, 4) is 0 Å². The van der Waals surface area contributed by atoms with Crippen LogP contribution >= 0.6 is 12.6 Å². The molecular weight excluding hydrogens is 528 g/mol. The first-order valence-electron chi connectivity index (χ1n) is 13.7. The van der Waals surface area contributed by atoms with Crippen LogP contribution in [0.2, 0.25) is 0 Å². The van der Waals surface area contributed by atoms with E-state index in [-0.39, 0.29) is 37.1 Å². The Morgan fingerprint density at radius 2 is 1.65 bits per heavy atom. The zero-order valence-electron chi connectivity index (χ0n) is 23.1. The normalized spacial score (nSPS) is 17.8. The summed E-state index contributed by atoms with van der Waals surface area (Å²) >= 11 is 4.29. The van der Waals surface area contributed by atoms with Crippen LogP contribution < -0.4 is 21.3 Å². The van der Waals surface area contributed by atoms with E-state index in [4.69, 9.17) is 0 Å². The standard InChI is InChI=1S/C30H40N4O5S/c1-20(2)17-24(33-26(35)14-13-21-9-5-3-6-10-21)28(37)34-25(18-23-15-16-31-27(23)36)30(39,40)29(38)32-19-22-11-7-4-8-12-22/h3-12,20,23-25,39-40H,13-19H2,1-2H3,(H,31,36)(H,32,38)(H,33,35)(H,34,37)/t23-,24-,25-,30-/m0/s1. The van der Waals surface area contributed by atoms with Gasteiger partial charge in [0, 0.05) is 25.4 Å². The van der Waals surface area contributed by atoms with Crippen molar-refractivity contribution in [3.63, 3.8) is 0 Å². The minimum atomic E-state index is -2.31. The lowest BCUT2D eigenvalue weighted by Gasteiger charge is -2.34. The quantitative estimate of drug-likeness (QED) is 0.153. The number of carbonyl (C=O) groups excluding carboxylic acids is 4. The van der Waals surface area contributed by atoms with Crippen LogP contribution in [0.5, 0.6) is 0 Å². The summed E-state index contributed by atoms with van der Waals surface area (Å²) in [5, 5.41) is 22.3. The molecule has 1 aliphatic heterocycles. The van der Waals surface area contributed by atoms with Gasteiger partial charge in [-0.2, -0.15) is 0 Å². The molecule has 1 saturated heterocycles. The van der Waals surface area contributed by atoms with Crippen molar-refractivity contribution in [1.82, 2.24) is 21.3 Å². The van der Waals surface area contributed by atoms with E-state index < -0.39 is 34.7 Å². The van der Waals surface area contributed by atoms with Crippen molar-refractivity contribution in [2.45, 2.75) is 69.5 Å². The summed E-state index contributed by atoms with van der Waals surface area (Å²) < 4.78 is 0. The van der Waals surface area contributed by atoms with Crippen molar-refractivity contribution in [2.24, 2.45) is 11.8 Å². The number of hydrogen-bond acceptors (Lipinski definition) is 6.